The number of para-hydroxylation sites is 3. The summed E-state index contributed by atoms with van der Waals surface area (Å²) in [7, 11) is 1.55. The van der Waals surface area contributed by atoms with Gasteiger partial charge < -0.3 is 19.2 Å². The number of ether oxygens (including phenoxy) is 2. The number of fused-ring (bicyclic) bond motifs is 1. The van der Waals surface area contributed by atoms with Crippen LogP contribution in [0.3, 0.4) is 0 Å². The van der Waals surface area contributed by atoms with Gasteiger partial charge in [0.25, 0.3) is 5.91 Å². The summed E-state index contributed by atoms with van der Waals surface area (Å²) in [5.41, 5.74) is 1.81. The highest BCUT2D eigenvalue weighted by Gasteiger charge is 2.36. The first-order chi connectivity index (χ1) is 17.1. The van der Waals surface area contributed by atoms with Crippen molar-refractivity contribution >= 4 is 28.5 Å². The van der Waals surface area contributed by atoms with Gasteiger partial charge in [-0.05, 0) is 43.3 Å². The molecule has 2 aromatic heterocycles. The summed E-state index contributed by atoms with van der Waals surface area (Å²) in [6.45, 7) is 2.69. The van der Waals surface area contributed by atoms with E-state index in [0.717, 1.165) is 0 Å². The normalized spacial score (nSPS) is 11.8. The first-order valence-electron chi connectivity index (χ1n) is 11.3. The van der Waals surface area contributed by atoms with E-state index in [1.165, 1.54) is 15.8 Å². The van der Waals surface area contributed by atoms with Gasteiger partial charge in [-0.2, -0.15) is 0 Å². The Morgan fingerprint density at radius 1 is 1.11 bits per heavy atom. The molecule has 0 aliphatic rings. The van der Waals surface area contributed by atoms with E-state index in [1.54, 1.807) is 37.4 Å². The second-order valence-corrected chi connectivity index (χ2v) is 7.60. The number of carbonyl (C=O) groups excluding carboxylic acids is 2. The molecular formula is C25H27N5O5. The van der Waals surface area contributed by atoms with Crippen molar-refractivity contribution in [3.05, 3.63) is 72.7 Å². The molecular weight excluding hydrogens is 450 g/mol. The second-order valence-electron chi connectivity index (χ2n) is 7.60. The maximum absolute atomic E-state index is 13.9. The lowest BCUT2D eigenvalue weighted by molar-refractivity contribution is -0.127. The van der Waals surface area contributed by atoms with E-state index in [9.17, 15) is 9.59 Å². The minimum Gasteiger partial charge on any atom is -0.492 e. The van der Waals surface area contributed by atoms with E-state index in [0.29, 0.717) is 41.4 Å². The van der Waals surface area contributed by atoms with Crippen LogP contribution in [0, 0.1) is 0 Å². The number of aromatic nitrogens is 3. The van der Waals surface area contributed by atoms with Crippen LogP contribution in [0.15, 0.2) is 71.3 Å². The van der Waals surface area contributed by atoms with Crippen LogP contribution in [-0.2, 0) is 20.9 Å². The van der Waals surface area contributed by atoms with Crippen molar-refractivity contribution in [2.24, 2.45) is 0 Å². The molecule has 4 aromatic rings. The minimum atomic E-state index is -1.09. The Labute approximate surface area is 202 Å². The molecule has 0 spiro atoms. The van der Waals surface area contributed by atoms with Gasteiger partial charge in [0.1, 0.15) is 23.6 Å². The SMILES string of the molecule is CCOc1ccccc1N(C(=O)Cn1nnc2ccccc21)C(C(=O)NCCOC)c1ccco1. The number of nitrogens with one attached hydrogen (secondary N) is 1. The molecule has 2 heterocycles. The zero-order valence-electron chi connectivity index (χ0n) is 19.6. The number of nitrogens with zero attached hydrogens (tertiary/aromatic N) is 4. The lowest BCUT2D eigenvalue weighted by atomic mass is 10.1. The lowest BCUT2D eigenvalue weighted by Crippen LogP contribution is -2.46. The number of hydrogen-bond donors (Lipinski definition) is 1. The quantitative estimate of drug-likeness (QED) is 0.331. The molecule has 182 valence electrons. The molecule has 1 N–H and O–H groups in total. The fourth-order valence-electron chi connectivity index (χ4n) is 3.78. The van der Waals surface area contributed by atoms with Crippen LogP contribution >= 0.6 is 0 Å². The van der Waals surface area contributed by atoms with Crippen LogP contribution in [0.1, 0.15) is 18.7 Å². The van der Waals surface area contributed by atoms with Gasteiger partial charge in [0, 0.05) is 13.7 Å². The van der Waals surface area contributed by atoms with E-state index in [2.05, 4.69) is 15.6 Å². The van der Waals surface area contributed by atoms with Crippen LogP contribution in [-0.4, -0.2) is 53.7 Å². The Morgan fingerprint density at radius 3 is 2.69 bits per heavy atom. The predicted molar refractivity (Wildman–Crippen MR) is 129 cm³/mol. The molecule has 0 radical (unpaired) electrons. The number of benzene rings is 2. The number of carbonyl (C=O) groups is 2. The van der Waals surface area contributed by atoms with Gasteiger partial charge in [-0.25, -0.2) is 4.68 Å². The molecule has 0 aliphatic heterocycles. The fourth-order valence-corrected chi connectivity index (χ4v) is 3.78. The number of rotatable bonds is 11. The Bertz CT molecular complexity index is 1270. The molecule has 1 unspecified atom stereocenters. The maximum atomic E-state index is 13.9. The maximum Gasteiger partial charge on any atom is 0.251 e. The average Bonchev–Trinajstić information content (AvgIpc) is 3.54. The summed E-state index contributed by atoms with van der Waals surface area (Å²) < 4.78 is 18.0. The van der Waals surface area contributed by atoms with Gasteiger partial charge in [0.2, 0.25) is 5.91 Å². The van der Waals surface area contributed by atoms with Crippen LogP contribution in [0.4, 0.5) is 5.69 Å². The molecule has 0 fully saturated rings. The Morgan fingerprint density at radius 2 is 1.91 bits per heavy atom. The van der Waals surface area contributed by atoms with Crippen LogP contribution in [0.5, 0.6) is 5.75 Å². The lowest BCUT2D eigenvalue weighted by Gasteiger charge is -2.31. The molecule has 0 aliphatic carbocycles. The molecule has 0 saturated carbocycles. The van der Waals surface area contributed by atoms with E-state index >= 15 is 0 Å². The standard InChI is InChI=1S/C25H27N5O5/c1-3-34-21-12-7-6-11-20(21)30(23(31)17-29-19-10-5-4-9-18(19)27-28-29)24(22-13-8-15-35-22)25(32)26-14-16-33-2/h4-13,15,24H,3,14,16-17H2,1-2H3,(H,26,32). The van der Waals surface area contributed by atoms with E-state index in [4.69, 9.17) is 13.9 Å². The first kappa shape index (κ1) is 24.0. The summed E-state index contributed by atoms with van der Waals surface area (Å²) in [4.78, 5) is 28.7. The second kappa shape index (κ2) is 11.3. The number of methoxy groups -OCH3 is 1. The van der Waals surface area contributed by atoms with Crippen molar-refractivity contribution in [3.8, 4) is 5.75 Å². The summed E-state index contributed by atoms with van der Waals surface area (Å²) >= 11 is 0. The molecule has 0 bridgehead atoms. The third-order valence-corrected chi connectivity index (χ3v) is 5.32. The predicted octanol–water partition coefficient (Wildman–Crippen LogP) is 2.96. The highest BCUT2D eigenvalue weighted by Crippen LogP contribution is 2.35. The van der Waals surface area contributed by atoms with Crippen LogP contribution in [0.25, 0.3) is 11.0 Å². The van der Waals surface area contributed by atoms with Crippen LogP contribution < -0.4 is 15.0 Å². The van der Waals surface area contributed by atoms with Gasteiger partial charge in [0.05, 0.1) is 30.7 Å². The molecule has 1 atom stereocenters. The number of hydrogen-bond acceptors (Lipinski definition) is 7. The summed E-state index contributed by atoms with van der Waals surface area (Å²) in [6.07, 6.45) is 1.47. The minimum absolute atomic E-state index is 0.149. The zero-order valence-corrected chi connectivity index (χ0v) is 19.6. The molecule has 35 heavy (non-hydrogen) atoms. The number of furan rings is 1. The van der Waals surface area contributed by atoms with Crippen molar-refractivity contribution in [2.45, 2.75) is 19.5 Å². The molecule has 10 nitrogen and oxygen atoms in total. The van der Waals surface area contributed by atoms with Crippen molar-refractivity contribution < 1.29 is 23.5 Å². The van der Waals surface area contributed by atoms with E-state index in [-0.39, 0.29) is 13.1 Å². The van der Waals surface area contributed by atoms with Crippen molar-refractivity contribution in [1.29, 1.82) is 0 Å². The van der Waals surface area contributed by atoms with Gasteiger partial charge in [-0.15, -0.1) is 5.10 Å². The van der Waals surface area contributed by atoms with Gasteiger partial charge >= 0.3 is 0 Å². The smallest absolute Gasteiger partial charge is 0.251 e. The third-order valence-electron chi connectivity index (χ3n) is 5.32. The molecule has 2 aromatic carbocycles. The largest absolute Gasteiger partial charge is 0.492 e. The Hall–Kier alpha value is -4.18. The van der Waals surface area contributed by atoms with Crippen LogP contribution in [0.2, 0.25) is 0 Å². The fraction of sp³-hybridized carbons (Fsp3) is 0.280. The molecule has 0 saturated heterocycles. The van der Waals surface area contributed by atoms with Crippen molar-refractivity contribution in [2.75, 3.05) is 31.8 Å². The Balaban J connectivity index is 1.78. The average molecular weight is 478 g/mol. The highest BCUT2D eigenvalue weighted by atomic mass is 16.5. The van der Waals surface area contributed by atoms with E-state index < -0.39 is 17.9 Å². The van der Waals surface area contributed by atoms with Crippen molar-refractivity contribution in [3.63, 3.8) is 0 Å². The topological polar surface area (TPSA) is 112 Å². The van der Waals surface area contributed by atoms with Gasteiger partial charge in [0.15, 0.2) is 6.04 Å². The third kappa shape index (κ3) is 5.33. The van der Waals surface area contributed by atoms with E-state index in [1.807, 2.05) is 37.3 Å². The zero-order chi connectivity index (χ0) is 24.6. The number of amides is 2. The molecule has 4 rings (SSSR count). The van der Waals surface area contributed by atoms with Gasteiger partial charge in [-0.1, -0.05) is 29.5 Å². The summed E-state index contributed by atoms with van der Waals surface area (Å²) in [6, 6.07) is 16.7. The van der Waals surface area contributed by atoms with Crippen molar-refractivity contribution in [1.82, 2.24) is 20.3 Å². The monoisotopic (exact) mass is 477 g/mol. The highest BCUT2D eigenvalue weighted by molar-refractivity contribution is 6.02. The summed E-state index contributed by atoms with van der Waals surface area (Å²) in [5.74, 6) is -0.0349. The molecule has 10 heteroatoms. The first-order valence-corrected chi connectivity index (χ1v) is 11.3. The Kier molecular flexibility index (Phi) is 7.74. The number of anilines is 1. The molecule has 2 amide bonds. The summed E-state index contributed by atoms with van der Waals surface area (Å²) in [5, 5.41) is 11.1. The van der Waals surface area contributed by atoms with Gasteiger partial charge in [-0.3, -0.25) is 14.5 Å².